The molecule has 2 N–H and O–H groups in total. The second kappa shape index (κ2) is 5.56. The van der Waals surface area contributed by atoms with Crippen LogP contribution in [0.3, 0.4) is 0 Å². The van der Waals surface area contributed by atoms with Gasteiger partial charge in [-0.25, -0.2) is 4.79 Å². The van der Waals surface area contributed by atoms with Crippen molar-refractivity contribution >= 4 is 23.2 Å². The van der Waals surface area contributed by atoms with E-state index < -0.39 is 11.7 Å². The Hall–Kier alpha value is -2.63. The Kier molecular flexibility index (Phi) is 3.84. The number of nitrogens with one attached hydrogen (secondary N) is 1. The summed E-state index contributed by atoms with van der Waals surface area (Å²) in [6, 6.07) is 5.27. The molecule has 104 valence electrons. The number of aryl methyl sites for hydroxylation is 1. The van der Waals surface area contributed by atoms with Crippen molar-refractivity contribution in [2.45, 2.75) is 13.8 Å². The van der Waals surface area contributed by atoms with Crippen molar-refractivity contribution in [3.8, 4) is 5.75 Å². The van der Waals surface area contributed by atoms with Gasteiger partial charge in [0.15, 0.2) is 0 Å². The molecule has 0 bridgehead atoms. The summed E-state index contributed by atoms with van der Waals surface area (Å²) >= 11 is 0. The number of aromatic hydroxyl groups is 1. The number of H-pyrrole nitrogens is 1. The van der Waals surface area contributed by atoms with E-state index in [9.17, 15) is 14.7 Å². The average Bonchev–Trinajstić information content (AvgIpc) is 2.40. The molecule has 0 aliphatic carbocycles. The van der Waals surface area contributed by atoms with Crippen molar-refractivity contribution in [3.63, 3.8) is 0 Å². The minimum Gasteiger partial charge on any atom is -0.506 e. The molecule has 1 heterocycles. The molecular weight excluding hydrogens is 260 g/mol. The van der Waals surface area contributed by atoms with E-state index in [1.807, 2.05) is 13.0 Å². The van der Waals surface area contributed by atoms with Gasteiger partial charge in [0, 0.05) is 5.39 Å². The Bertz CT molecular complexity index is 747. The standard InChI is InChI=1S/C14H14N2O4/c1-3-20-14(19)15-7-10-12(17)9-6-8(2)4-5-11(9)16-13(10)18/h4-7H,3H2,1-2H3,(H2,16,17,18). The monoisotopic (exact) mass is 274 g/mol. The quantitative estimate of drug-likeness (QED) is 0.820. The molecule has 0 spiro atoms. The number of aromatic amines is 1. The van der Waals surface area contributed by atoms with Crippen LogP contribution in [0.1, 0.15) is 18.1 Å². The largest absolute Gasteiger partial charge is 0.506 e. The van der Waals surface area contributed by atoms with Crippen molar-refractivity contribution in [2.75, 3.05) is 6.61 Å². The summed E-state index contributed by atoms with van der Waals surface area (Å²) in [4.78, 5) is 29.1. The van der Waals surface area contributed by atoms with Gasteiger partial charge < -0.3 is 14.8 Å². The maximum atomic E-state index is 11.9. The van der Waals surface area contributed by atoms with E-state index in [1.165, 1.54) is 0 Å². The van der Waals surface area contributed by atoms with Gasteiger partial charge in [0.05, 0.1) is 18.3 Å². The van der Waals surface area contributed by atoms with Crippen LogP contribution in [-0.4, -0.2) is 29.0 Å². The van der Waals surface area contributed by atoms with Gasteiger partial charge in [-0.3, -0.25) is 4.79 Å². The third-order valence-corrected chi connectivity index (χ3v) is 2.75. The van der Waals surface area contributed by atoms with E-state index in [1.54, 1.807) is 19.1 Å². The Labute approximate surface area is 114 Å². The van der Waals surface area contributed by atoms with Crippen LogP contribution in [0.25, 0.3) is 10.9 Å². The minimum absolute atomic E-state index is 0.0730. The normalized spacial score (nSPS) is 11.1. The summed E-state index contributed by atoms with van der Waals surface area (Å²) < 4.78 is 4.62. The number of pyridine rings is 1. The first kappa shape index (κ1) is 13.8. The van der Waals surface area contributed by atoms with Crippen LogP contribution in [0.5, 0.6) is 5.75 Å². The van der Waals surface area contributed by atoms with Crippen LogP contribution in [0.4, 0.5) is 4.79 Å². The fourth-order valence-corrected chi connectivity index (χ4v) is 1.80. The highest BCUT2D eigenvalue weighted by Gasteiger charge is 2.10. The van der Waals surface area contributed by atoms with Crippen molar-refractivity contribution < 1.29 is 14.6 Å². The van der Waals surface area contributed by atoms with Crippen molar-refractivity contribution in [3.05, 3.63) is 39.7 Å². The van der Waals surface area contributed by atoms with Gasteiger partial charge >= 0.3 is 6.09 Å². The van der Waals surface area contributed by atoms with Crippen LogP contribution >= 0.6 is 0 Å². The van der Waals surface area contributed by atoms with Gasteiger partial charge in [0.2, 0.25) is 0 Å². The zero-order valence-electron chi connectivity index (χ0n) is 11.1. The highest BCUT2D eigenvalue weighted by molar-refractivity contribution is 5.97. The van der Waals surface area contributed by atoms with E-state index in [2.05, 4.69) is 14.7 Å². The summed E-state index contributed by atoms with van der Waals surface area (Å²) in [5, 5.41) is 10.6. The second-order valence-corrected chi connectivity index (χ2v) is 4.22. The number of nitrogens with zero attached hydrogens (tertiary/aromatic N) is 1. The molecule has 2 aromatic rings. The molecule has 1 aromatic carbocycles. The lowest BCUT2D eigenvalue weighted by atomic mass is 10.1. The zero-order chi connectivity index (χ0) is 14.7. The number of carbonyl (C=O) groups is 1. The van der Waals surface area contributed by atoms with E-state index in [-0.39, 0.29) is 17.9 Å². The molecule has 0 aliphatic rings. The molecule has 0 fully saturated rings. The molecule has 1 aromatic heterocycles. The lowest BCUT2D eigenvalue weighted by molar-refractivity contribution is 0.163. The lowest BCUT2D eigenvalue weighted by Crippen LogP contribution is -2.13. The topological polar surface area (TPSA) is 91.8 Å². The average molecular weight is 274 g/mol. The number of hydrogen-bond acceptors (Lipinski definition) is 4. The number of aromatic nitrogens is 1. The summed E-state index contributed by atoms with van der Waals surface area (Å²) in [7, 11) is 0. The maximum Gasteiger partial charge on any atom is 0.433 e. The predicted molar refractivity (Wildman–Crippen MR) is 75.6 cm³/mol. The van der Waals surface area contributed by atoms with Gasteiger partial charge in [-0.2, -0.15) is 4.99 Å². The molecule has 0 saturated heterocycles. The van der Waals surface area contributed by atoms with E-state index in [0.717, 1.165) is 11.8 Å². The van der Waals surface area contributed by atoms with Crippen molar-refractivity contribution in [1.29, 1.82) is 0 Å². The first-order valence-electron chi connectivity index (χ1n) is 6.09. The molecular formula is C14H14N2O4. The first-order valence-corrected chi connectivity index (χ1v) is 6.09. The molecule has 6 nitrogen and oxygen atoms in total. The van der Waals surface area contributed by atoms with Crippen LogP contribution in [-0.2, 0) is 4.74 Å². The van der Waals surface area contributed by atoms with Crippen molar-refractivity contribution in [1.82, 2.24) is 4.98 Å². The number of carbonyl (C=O) groups excluding carboxylic acids is 1. The summed E-state index contributed by atoms with van der Waals surface area (Å²) in [6.45, 7) is 3.71. The van der Waals surface area contributed by atoms with Gasteiger partial charge in [-0.15, -0.1) is 0 Å². The third-order valence-electron chi connectivity index (χ3n) is 2.75. The third kappa shape index (κ3) is 2.69. The molecule has 1 amide bonds. The number of aliphatic imine (C=N–C) groups is 1. The zero-order valence-corrected chi connectivity index (χ0v) is 11.1. The second-order valence-electron chi connectivity index (χ2n) is 4.22. The maximum absolute atomic E-state index is 11.9. The molecule has 0 radical (unpaired) electrons. The van der Waals surface area contributed by atoms with Gasteiger partial charge in [-0.1, -0.05) is 11.6 Å². The SMILES string of the molecule is CCOC(=O)N=Cc1c(O)c2cc(C)ccc2[nH]c1=O. The molecule has 20 heavy (non-hydrogen) atoms. The highest BCUT2D eigenvalue weighted by Crippen LogP contribution is 2.24. The molecule has 0 saturated carbocycles. The molecule has 6 heteroatoms. The van der Waals surface area contributed by atoms with Crippen LogP contribution in [0.2, 0.25) is 0 Å². The molecule has 0 aliphatic heterocycles. The fourth-order valence-electron chi connectivity index (χ4n) is 1.80. The first-order chi connectivity index (χ1) is 9.52. The lowest BCUT2D eigenvalue weighted by Gasteiger charge is -2.05. The van der Waals surface area contributed by atoms with Gasteiger partial charge in [0.25, 0.3) is 5.56 Å². The Balaban J connectivity index is 2.53. The number of hydrogen-bond donors (Lipinski definition) is 2. The van der Waals surface area contributed by atoms with Crippen molar-refractivity contribution in [2.24, 2.45) is 4.99 Å². The summed E-state index contributed by atoms with van der Waals surface area (Å²) in [5.41, 5.74) is 0.863. The van der Waals surface area contributed by atoms with Crippen LogP contribution in [0.15, 0.2) is 28.0 Å². The number of ether oxygens (including phenoxy) is 1. The highest BCUT2D eigenvalue weighted by atomic mass is 16.5. The van der Waals surface area contributed by atoms with E-state index in [4.69, 9.17) is 0 Å². The number of fused-ring (bicyclic) bond motifs is 1. The number of amides is 1. The van der Waals surface area contributed by atoms with Gasteiger partial charge in [-0.05, 0) is 26.0 Å². The molecule has 0 atom stereocenters. The fraction of sp³-hybridized carbons (Fsp3) is 0.214. The summed E-state index contributed by atoms with van der Waals surface area (Å²) in [5.74, 6) is -0.208. The number of rotatable bonds is 2. The Morgan fingerprint density at radius 2 is 2.25 bits per heavy atom. The summed E-state index contributed by atoms with van der Waals surface area (Å²) in [6.07, 6.45) is 0.198. The van der Waals surface area contributed by atoms with Crippen LogP contribution in [0, 0.1) is 6.92 Å². The smallest absolute Gasteiger partial charge is 0.433 e. The molecule has 2 rings (SSSR count). The van der Waals surface area contributed by atoms with Crippen LogP contribution < -0.4 is 5.56 Å². The number of benzene rings is 1. The molecule has 0 unspecified atom stereocenters. The van der Waals surface area contributed by atoms with E-state index in [0.29, 0.717) is 10.9 Å². The van der Waals surface area contributed by atoms with E-state index >= 15 is 0 Å². The van der Waals surface area contributed by atoms with Gasteiger partial charge in [0.1, 0.15) is 11.3 Å². The minimum atomic E-state index is -0.810. The predicted octanol–water partition coefficient (Wildman–Crippen LogP) is 2.12. The Morgan fingerprint density at radius 3 is 2.95 bits per heavy atom. The Morgan fingerprint density at radius 1 is 1.50 bits per heavy atom.